The van der Waals surface area contributed by atoms with Gasteiger partial charge in [-0.3, -0.25) is 4.79 Å². The van der Waals surface area contributed by atoms with Gasteiger partial charge >= 0.3 is 5.97 Å². The second-order valence-corrected chi connectivity index (χ2v) is 8.62. The Morgan fingerprint density at radius 3 is 2.28 bits per heavy atom. The molecule has 1 N–H and O–H groups in total. The van der Waals surface area contributed by atoms with Crippen molar-refractivity contribution in [2.45, 2.75) is 20.8 Å². The van der Waals surface area contributed by atoms with Crippen LogP contribution in [0, 0.1) is 18.3 Å². The first-order valence-electron chi connectivity index (χ1n) is 12.4. The molecule has 194 valence electrons. The minimum absolute atomic E-state index is 0.110. The molecule has 1 aromatic heterocycles. The van der Waals surface area contributed by atoms with Crippen LogP contribution in [0.2, 0.25) is 0 Å². The highest BCUT2D eigenvalue weighted by Gasteiger charge is 2.28. The number of carbonyl (C=O) groups excluding carboxylic acids is 2. The quantitative estimate of drug-likeness (QED) is 0.110. The molecular formula is C31H27N5O3. The average molecular weight is 518 g/mol. The van der Waals surface area contributed by atoms with Crippen molar-refractivity contribution < 1.29 is 14.3 Å². The number of esters is 1. The van der Waals surface area contributed by atoms with E-state index >= 15 is 0 Å². The molecule has 0 bridgehead atoms. The van der Waals surface area contributed by atoms with E-state index in [2.05, 4.69) is 10.5 Å². The minimum Gasteiger partial charge on any atom is -0.462 e. The summed E-state index contributed by atoms with van der Waals surface area (Å²) in [5.74, 6) is -1.24. The summed E-state index contributed by atoms with van der Waals surface area (Å²) < 4.78 is 7.06. The van der Waals surface area contributed by atoms with E-state index in [-0.39, 0.29) is 29.1 Å². The lowest BCUT2D eigenvalue weighted by molar-refractivity contribution is -0.117. The molecule has 3 aromatic carbocycles. The Hall–Kier alpha value is -5.29. The number of para-hydroxylation sites is 1. The Kier molecular flexibility index (Phi) is 8.44. The van der Waals surface area contributed by atoms with Gasteiger partial charge in [0.05, 0.1) is 23.7 Å². The van der Waals surface area contributed by atoms with Crippen molar-refractivity contribution >= 4 is 23.7 Å². The SMILES string of the molecule is CCOC(=O)c1c(/C(C)=N/NC(=O)/C(C#N)=C\c2ccc(C)cc2)nn(-c2ccccc2)c1-c1ccccc1. The van der Waals surface area contributed by atoms with E-state index in [4.69, 9.17) is 9.84 Å². The van der Waals surface area contributed by atoms with Crippen LogP contribution in [0.4, 0.5) is 0 Å². The number of hydrazone groups is 1. The topological polar surface area (TPSA) is 109 Å². The maximum Gasteiger partial charge on any atom is 0.342 e. The van der Waals surface area contributed by atoms with Crippen molar-refractivity contribution in [2.75, 3.05) is 6.61 Å². The van der Waals surface area contributed by atoms with Gasteiger partial charge in [0.15, 0.2) is 0 Å². The molecule has 4 rings (SSSR count). The molecule has 0 aliphatic heterocycles. The first kappa shape index (κ1) is 26.8. The lowest BCUT2D eigenvalue weighted by Crippen LogP contribution is -2.21. The second-order valence-electron chi connectivity index (χ2n) is 8.62. The third kappa shape index (κ3) is 6.17. The van der Waals surface area contributed by atoms with Crippen LogP contribution in [0.15, 0.2) is 95.6 Å². The van der Waals surface area contributed by atoms with Crippen molar-refractivity contribution in [1.29, 1.82) is 5.26 Å². The van der Waals surface area contributed by atoms with E-state index in [0.29, 0.717) is 11.3 Å². The van der Waals surface area contributed by atoms with Crippen LogP contribution in [0.3, 0.4) is 0 Å². The zero-order chi connectivity index (χ0) is 27.8. The molecule has 8 nitrogen and oxygen atoms in total. The fraction of sp³-hybridized carbons (Fsp3) is 0.129. The summed E-state index contributed by atoms with van der Waals surface area (Å²) in [5.41, 5.74) is 6.86. The van der Waals surface area contributed by atoms with Gasteiger partial charge in [0.1, 0.15) is 22.9 Å². The van der Waals surface area contributed by atoms with E-state index in [9.17, 15) is 14.9 Å². The third-order valence-electron chi connectivity index (χ3n) is 5.83. The molecule has 0 aliphatic rings. The molecule has 39 heavy (non-hydrogen) atoms. The van der Waals surface area contributed by atoms with E-state index < -0.39 is 11.9 Å². The highest BCUT2D eigenvalue weighted by molar-refractivity contribution is 6.11. The van der Waals surface area contributed by atoms with Crippen LogP contribution in [-0.4, -0.2) is 34.0 Å². The predicted octanol–water partition coefficient (Wildman–Crippen LogP) is 5.47. The monoisotopic (exact) mass is 517 g/mol. The summed E-state index contributed by atoms with van der Waals surface area (Å²) in [7, 11) is 0. The van der Waals surface area contributed by atoms with Crippen LogP contribution in [0.1, 0.15) is 41.0 Å². The molecule has 0 atom stereocenters. The fourth-order valence-corrected chi connectivity index (χ4v) is 3.91. The number of nitriles is 1. The Balaban J connectivity index is 1.78. The van der Waals surface area contributed by atoms with Gasteiger partial charge in [-0.1, -0.05) is 78.4 Å². The summed E-state index contributed by atoms with van der Waals surface area (Å²) in [6, 6.07) is 28.1. The summed E-state index contributed by atoms with van der Waals surface area (Å²) >= 11 is 0. The molecule has 0 saturated heterocycles. The van der Waals surface area contributed by atoms with Crippen molar-refractivity contribution in [3.05, 3.63) is 113 Å². The van der Waals surface area contributed by atoms with Crippen LogP contribution in [0.5, 0.6) is 0 Å². The molecule has 4 aromatic rings. The zero-order valence-corrected chi connectivity index (χ0v) is 21.9. The number of carbonyl (C=O) groups is 2. The van der Waals surface area contributed by atoms with E-state index in [1.54, 1.807) is 18.5 Å². The highest BCUT2D eigenvalue weighted by Crippen LogP contribution is 2.30. The Morgan fingerprint density at radius 1 is 1.03 bits per heavy atom. The number of nitrogens with one attached hydrogen (secondary N) is 1. The molecule has 8 heteroatoms. The first-order chi connectivity index (χ1) is 18.9. The van der Waals surface area contributed by atoms with Gasteiger partial charge in [0.2, 0.25) is 0 Å². The normalized spacial score (nSPS) is 11.5. The fourth-order valence-electron chi connectivity index (χ4n) is 3.91. The Morgan fingerprint density at radius 2 is 1.67 bits per heavy atom. The number of rotatable bonds is 8. The third-order valence-corrected chi connectivity index (χ3v) is 5.83. The maximum atomic E-state index is 13.3. The smallest absolute Gasteiger partial charge is 0.342 e. The lowest BCUT2D eigenvalue weighted by Gasteiger charge is -2.10. The number of aryl methyl sites for hydroxylation is 1. The molecule has 1 heterocycles. The first-order valence-corrected chi connectivity index (χ1v) is 12.4. The largest absolute Gasteiger partial charge is 0.462 e. The van der Waals surface area contributed by atoms with Crippen molar-refractivity contribution in [3.8, 4) is 23.0 Å². The van der Waals surface area contributed by atoms with Crippen molar-refractivity contribution in [2.24, 2.45) is 5.10 Å². The van der Waals surface area contributed by atoms with Gasteiger partial charge in [0, 0.05) is 5.56 Å². The maximum absolute atomic E-state index is 13.3. The molecule has 0 aliphatic carbocycles. The van der Waals surface area contributed by atoms with Gasteiger partial charge in [-0.05, 0) is 44.5 Å². The molecule has 0 unspecified atom stereocenters. The molecule has 0 saturated carbocycles. The molecule has 0 radical (unpaired) electrons. The number of benzene rings is 3. The summed E-state index contributed by atoms with van der Waals surface area (Å²) in [5, 5.41) is 18.5. The van der Waals surface area contributed by atoms with E-state index in [1.807, 2.05) is 97.9 Å². The van der Waals surface area contributed by atoms with Crippen molar-refractivity contribution in [1.82, 2.24) is 15.2 Å². The Bertz CT molecular complexity index is 1580. The highest BCUT2D eigenvalue weighted by atomic mass is 16.5. The van der Waals surface area contributed by atoms with E-state index in [0.717, 1.165) is 16.8 Å². The second kappa shape index (κ2) is 12.3. The van der Waals surface area contributed by atoms with Gasteiger partial charge in [-0.25, -0.2) is 14.9 Å². The lowest BCUT2D eigenvalue weighted by atomic mass is 10.0. The molecule has 0 fully saturated rings. The van der Waals surface area contributed by atoms with Crippen LogP contribution in [0.25, 0.3) is 23.0 Å². The number of hydrogen-bond donors (Lipinski definition) is 1. The van der Waals surface area contributed by atoms with Gasteiger partial charge in [0.25, 0.3) is 5.91 Å². The minimum atomic E-state index is -0.680. The number of amides is 1. The van der Waals surface area contributed by atoms with Gasteiger partial charge < -0.3 is 4.74 Å². The van der Waals surface area contributed by atoms with Gasteiger partial charge in [-0.2, -0.15) is 15.5 Å². The summed E-state index contributed by atoms with van der Waals surface area (Å²) in [6.45, 7) is 5.48. The van der Waals surface area contributed by atoms with Crippen molar-refractivity contribution in [3.63, 3.8) is 0 Å². The summed E-state index contributed by atoms with van der Waals surface area (Å²) in [6.07, 6.45) is 1.49. The number of nitrogens with zero attached hydrogens (tertiary/aromatic N) is 4. The van der Waals surface area contributed by atoms with Crippen LogP contribution >= 0.6 is 0 Å². The standard InChI is InChI=1S/C31H27N5O3/c1-4-39-31(38)27-28(22(3)33-34-30(37)25(20-32)19-23-17-15-21(2)16-18-23)35-36(26-13-9-6-10-14-26)29(27)24-11-7-5-8-12-24/h5-19H,4H2,1-3H3,(H,34,37)/b25-19-,33-22+. The van der Waals surface area contributed by atoms with Crippen LogP contribution < -0.4 is 5.43 Å². The predicted molar refractivity (Wildman–Crippen MR) is 150 cm³/mol. The Labute approximate surface area is 226 Å². The number of aromatic nitrogens is 2. The van der Waals surface area contributed by atoms with Crippen LogP contribution in [-0.2, 0) is 9.53 Å². The molecular weight excluding hydrogens is 490 g/mol. The molecule has 1 amide bonds. The molecule has 0 spiro atoms. The van der Waals surface area contributed by atoms with Gasteiger partial charge in [-0.15, -0.1) is 0 Å². The number of hydrogen-bond acceptors (Lipinski definition) is 6. The van der Waals surface area contributed by atoms with E-state index in [1.165, 1.54) is 6.08 Å². The average Bonchev–Trinajstić information content (AvgIpc) is 3.37. The zero-order valence-electron chi connectivity index (χ0n) is 21.9. The summed E-state index contributed by atoms with van der Waals surface area (Å²) in [4.78, 5) is 26.1. The number of ether oxygens (including phenoxy) is 1.